The Balaban J connectivity index is 3.65. The second kappa shape index (κ2) is 8.34. The highest BCUT2D eigenvalue weighted by atomic mass is 16.6. The Morgan fingerprint density at radius 1 is 0.947 bits per heavy atom. The van der Waals surface area contributed by atoms with Gasteiger partial charge >= 0.3 is 6.09 Å². The summed E-state index contributed by atoms with van der Waals surface area (Å²) in [6.45, 7) is 7.50. The number of amides is 3. The number of hydrogen-bond donors (Lipinski definition) is 3. The van der Waals surface area contributed by atoms with Crippen LogP contribution in [-0.4, -0.2) is 43.1 Å². The quantitative estimate of drug-likeness (QED) is 0.600. The van der Waals surface area contributed by atoms with Crippen LogP contribution in [0.2, 0.25) is 0 Å². The van der Waals surface area contributed by atoms with Crippen LogP contribution >= 0.6 is 0 Å². The Hall–Kier alpha value is -1.79. The van der Waals surface area contributed by atoms with Crippen LogP contribution in [0.5, 0.6) is 0 Å². The fourth-order valence-corrected chi connectivity index (χ4v) is 1.06. The summed E-state index contributed by atoms with van der Waals surface area (Å²) in [5.41, 5.74) is -0.592. The van der Waals surface area contributed by atoms with E-state index in [1.54, 1.807) is 27.7 Å². The number of alkyl carbamates (subject to hydrolysis) is 1. The van der Waals surface area contributed by atoms with Gasteiger partial charge in [-0.15, -0.1) is 0 Å². The minimum atomic E-state index is -0.637. The molecule has 0 aliphatic heterocycles. The maximum atomic E-state index is 11.3. The normalized spacial score (nSPS) is 10.5. The molecular weight excluding hydrogens is 250 g/mol. The van der Waals surface area contributed by atoms with E-state index < -0.39 is 11.7 Å². The molecule has 7 heteroatoms. The second-order valence-corrected chi connectivity index (χ2v) is 4.91. The highest BCUT2D eigenvalue weighted by molar-refractivity contribution is 5.82. The van der Waals surface area contributed by atoms with Crippen molar-refractivity contribution in [3.63, 3.8) is 0 Å². The average Bonchev–Trinajstić information content (AvgIpc) is 2.29. The van der Waals surface area contributed by atoms with E-state index in [1.807, 2.05) is 0 Å². The molecule has 0 unspecified atom stereocenters. The molecule has 0 spiro atoms. The monoisotopic (exact) mass is 273 g/mol. The van der Waals surface area contributed by atoms with E-state index in [0.29, 0.717) is 19.5 Å². The highest BCUT2D eigenvalue weighted by Crippen LogP contribution is 2.05. The van der Waals surface area contributed by atoms with Crippen LogP contribution in [-0.2, 0) is 14.3 Å². The largest absolute Gasteiger partial charge is 0.444 e. The van der Waals surface area contributed by atoms with Crippen LogP contribution in [0.15, 0.2) is 0 Å². The molecule has 0 bridgehead atoms. The van der Waals surface area contributed by atoms with Crippen LogP contribution < -0.4 is 16.0 Å². The molecule has 0 fully saturated rings. The van der Waals surface area contributed by atoms with Gasteiger partial charge in [0.2, 0.25) is 11.8 Å². The SMILES string of the molecule is CCC(=O)NCCNC(=O)CNC(=O)OC(C)(C)C. The Labute approximate surface area is 113 Å². The molecule has 3 N–H and O–H groups in total. The van der Waals surface area contributed by atoms with Crippen LogP contribution in [0, 0.1) is 0 Å². The summed E-state index contributed by atoms with van der Waals surface area (Å²) in [4.78, 5) is 33.5. The first-order chi connectivity index (χ1) is 8.74. The summed E-state index contributed by atoms with van der Waals surface area (Å²) < 4.78 is 4.97. The summed E-state index contributed by atoms with van der Waals surface area (Å²) in [5.74, 6) is -0.405. The Bertz CT molecular complexity index is 323. The van der Waals surface area contributed by atoms with E-state index in [-0.39, 0.29) is 18.4 Å². The Kier molecular flexibility index (Phi) is 7.55. The predicted molar refractivity (Wildman–Crippen MR) is 70.5 cm³/mol. The van der Waals surface area contributed by atoms with E-state index in [2.05, 4.69) is 16.0 Å². The number of rotatable bonds is 6. The summed E-state index contributed by atoms with van der Waals surface area (Å²) in [5, 5.41) is 7.51. The minimum absolute atomic E-state index is 0.0684. The third kappa shape index (κ3) is 11.1. The second-order valence-electron chi connectivity index (χ2n) is 4.91. The molecule has 3 amide bonds. The smallest absolute Gasteiger partial charge is 0.408 e. The summed E-state index contributed by atoms with van der Waals surface area (Å²) in [6.07, 6.45) is -0.226. The third-order valence-electron chi connectivity index (χ3n) is 1.88. The van der Waals surface area contributed by atoms with E-state index >= 15 is 0 Å². The van der Waals surface area contributed by atoms with E-state index in [9.17, 15) is 14.4 Å². The molecule has 0 aliphatic rings. The molecule has 0 saturated carbocycles. The van der Waals surface area contributed by atoms with Crippen molar-refractivity contribution in [2.75, 3.05) is 19.6 Å². The van der Waals surface area contributed by atoms with Gasteiger partial charge in [-0.3, -0.25) is 9.59 Å². The van der Waals surface area contributed by atoms with E-state index in [4.69, 9.17) is 4.74 Å². The predicted octanol–water partition coefficient (Wildman–Crippen LogP) is 0.153. The Morgan fingerprint density at radius 2 is 1.47 bits per heavy atom. The van der Waals surface area contributed by atoms with Crippen molar-refractivity contribution in [3.05, 3.63) is 0 Å². The number of nitrogens with one attached hydrogen (secondary N) is 3. The lowest BCUT2D eigenvalue weighted by atomic mass is 10.2. The molecular formula is C12H23N3O4. The molecule has 0 radical (unpaired) electrons. The first-order valence-corrected chi connectivity index (χ1v) is 6.25. The Morgan fingerprint density at radius 3 is 1.95 bits per heavy atom. The number of carbonyl (C=O) groups is 3. The molecule has 0 saturated heterocycles. The van der Waals surface area contributed by atoms with Gasteiger partial charge in [0.1, 0.15) is 5.60 Å². The standard InChI is InChI=1S/C12H23N3O4/c1-5-9(16)13-6-7-14-10(17)8-15-11(18)19-12(2,3)4/h5-8H2,1-4H3,(H,13,16)(H,14,17)(H,15,18). The van der Waals surface area contributed by atoms with Crippen molar-refractivity contribution < 1.29 is 19.1 Å². The van der Waals surface area contributed by atoms with Crippen molar-refractivity contribution in [1.82, 2.24) is 16.0 Å². The maximum Gasteiger partial charge on any atom is 0.408 e. The average molecular weight is 273 g/mol. The lowest BCUT2D eigenvalue weighted by Gasteiger charge is -2.19. The highest BCUT2D eigenvalue weighted by Gasteiger charge is 2.16. The lowest BCUT2D eigenvalue weighted by Crippen LogP contribution is -2.41. The third-order valence-corrected chi connectivity index (χ3v) is 1.88. The van der Waals surface area contributed by atoms with Crippen molar-refractivity contribution in [2.24, 2.45) is 0 Å². The van der Waals surface area contributed by atoms with Gasteiger partial charge in [-0.1, -0.05) is 6.92 Å². The number of carbonyl (C=O) groups excluding carboxylic acids is 3. The summed E-state index contributed by atoms with van der Waals surface area (Å²) in [7, 11) is 0. The van der Waals surface area contributed by atoms with E-state index in [1.165, 1.54) is 0 Å². The van der Waals surface area contributed by atoms with Crippen molar-refractivity contribution in [1.29, 1.82) is 0 Å². The summed E-state index contributed by atoms with van der Waals surface area (Å²) >= 11 is 0. The molecule has 0 aromatic heterocycles. The zero-order valence-corrected chi connectivity index (χ0v) is 12.0. The van der Waals surface area contributed by atoms with Crippen LogP contribution in [0.4, 0.5) is 4.79 Å². The fourth-order valence-electron chi connectivity index (χ4n) is 1.06. The molecule has 110 valence electrons. The van der Waals surface area contributed by atoms with Crippen LogP contribution in [0.25, 0.3) is 0 Å². The van der Waals surface area contributed by atoms with Gasteiger partial charge in [-0.2, -0.15) is 0 Å². The lowest BCUT2D eigenvalue weighted by molar-refractivity contribution is -0.122. The molecule has 7 nitrogen and oxygen atoms in total. The first-order valence-electron chi connectivity index (χ1n) is 6.25. The number of hydrogen-bond acceptors (Lipinski definition) is 4. The fraction of sp³-hybridized carbons (Fsp3) is 0.750. The zero-order chi connectivity index (χ0) is 14.9. The first kappa shape index (κ1) is 17.2. The summed E-state index contributed by atoms with van der Waals surface area (Å²) in [6, 6.07) is 0. The molecule has 19 heavy (non-hydrogen) atoms. The number of ether oxygens (including phenoxy) is 1. The topological polar surface area (TPSA) is 96.5 Å². The molecule has 0 heterocycles. The van der Waals surface area contributed by atoms with Gasteiger partial charge in [0.25, 0.3) is 0 Å². The maximum absolute atomic E-state index is 11.3. The van der Waals surface area contributed by atoms with Crippen LogP contribution in [0.1, 0.15) is 34.1 Å². The van der Waals surface area contributed by atoms with Gasteiger partial charge < -0.3 is 20.7 Å². The molecule has 0 atom stereocenters. The van der Waals surface area contributed by atoms with Gasteiger partial charge in [0, 0.05) is 19.5 Å². The molecule has 0 aromatic carbocycles. The van der Waals surface area contributed by atoms with Crippen molar-refractivity contribution in [2.45, 2.75) is 39.7 Å². The molecule has 0 aliphatic carbocycles. The van der Waals surface area contributed by atoms with Gasteiger partial charge in [0.15, 0.2) is 0 Å². The van der Waals surface area contributed by atoms with Crippen LogP contribution in [0.3, 0.4) is 0 Å². The molecule has 0 aromatic rings. The van der Waals surface area contributed by atoms with Crippen molar-refractivity contribution >= 4 is 17.9 Å². The van der Waals surface area contributed by atoms with Gasteiger partial charge in [0.05, 0.1) is 6.54 Å². The van der Waals surface area contributed by atoms with E-state index in [0.717, 1.165) is 0 Å². The minimum Gasteiger partial charge on any atom is -0.444 e. The van der Waals surface area contributed by atoms with Crippen molar-refractivity contribution in [3.8, 4) is 0 Å². The molecule has 0 rings (SSSR count). The zero-order valence-electron chi connectivity index (χ0n) is 12.0. The van der Waals surface area contributed by atoms with Gasteiger partial charge in [-0.25, -0.2) is 4.79 Å². The van der Waals surface area contributed by atoms with Gasteiger partial charge in [-0.05, 0) is 20.8 Å².